The van der Waals surface area contributed by atoms with Gasteiger partial charge in [-0.1, -0.05) is 17.8 Å². The van der Waals surface area contributed by atoms with Gasteiger partial charge in [-0.3, -0.25) is 9.59 Å². The number of amides is 2. The summed E-state index contributed by atoms with van der Waals surface area (Å²) in [7, 11) is 0. The number of aromatic nitrogens is 2. The molecule has 2 aromatic heterocycles. The van der Waals surface area contributed by atoms with Gasteiger partial charge < -0.3 is 15.1 Å². The predicted octanol–water partition coefficient (Wildman–Crippen LogP) is 1.76. The second-order valence-electron chi connectivity index (χ2n) is 5.14. The summed E-state index contributed by atoms with van der Waals surface area (Å²) in [5.41, 5.74) is 5.38. The van der Waals surface area contributed by atoms with Gasteiger partial charge in [0.05, 0.1) is 10.6 Å². The van der Waals surface area contributed by atoms with Crippen LogP contribution in [0.5, 0.6) is 0 Å². The molecule has 0 bridgehead atoms. The van der Waals surface area contributed by atoms with E-state index in [0.29, 0.717) is 24.1 Å². The van der Waals surface area contributed by atoms with Crippen LogP contribution in [-0.4, -0.2) is 45.3 Å². The minimum atomic E-state index is -0.499. The smallest absolute Gasteiger partial charge is 0.277 e. The lowest BCUT2D eigenvalue weighted by Crippen LogP contribution is -2.51. The summed E-state index contributed by atoms with van der Waals surface area (Å²) in [6.45, 7) is 0.567. The minimum absolute atomic E-state index is 0.130. The third-order valence-corrected chi connectivity index (χ3v) is 5.27. The molecular formula is C14H16N4O3S2. The largest absolute Gasteiger partial charge is 0.410 e. The summed E-state index contributed by atoms with van der Waals surface area (Å²) in [5, 5.41) is 10.2. The van der Waals surface area contributed by atoms with Crippen molar-refractivity contribution in [1.29, 1.82) is 0 Å². The maximum atomic E-state index is 12.3. The van der Waals surface area contributed by atoms with Crippen LogP contribution < -0.4 is 5.73 Å². The molecule has 2 aromatic rings. The molecule has 0 saturated carbocycles. The van der Waals surface area contributed by atoms with E-state index < -0.39 is 11.9 Å². The van der Waals surface area contributed by atoms with Crippen LogP contribution in [0, 0.1) is 0 Å². The molecule has 2 N–H and O–H groups in total. The second-order valence-corrected chi connectivity index (χ2v) is 7.01. The molecule has 7 nitrogen and oxygen atoms in total. The average molecular weight is 352 g/mol. The third-order valence-electron chi connectivity index (χ3n) is 3.61. The number of nitrogens with two attached hydrogens (primary N) is 1. The molecule has 0 unspecified atom stereocenters. The van der Waals surface area contributed by atoms with E-state index in [2.05, 4.69) is 10.2 Å². The molecule has 1 fully saturated rings. The van der Waals surface area contributed by atoms with E-state index in [1.165, 1.54) is 23.1 Å². The molecule has 0 radical (unpaired) electrons. The summed E-state index contributed by atoms with van der Waals surface area (Å²) < 4.78 is 5.53. The van der Waals surface area contributed by atoms with Crippen molar-refractivity contribution in [3.05, 3.63) is 17.5 Å². The van der Waals surface area contributed by atoms with Crippen molar-refractivity contribution in [2.75, 3.05) is 12.3 Å². The Kier molecular flexibility index (Phi) is 4.97. The number of piperidine rings is 1. The van der Waals surface area contributed by atoms with Crippen LogP contribution in [-0.2, 0) is 9.59 Å². The van der Waals surface area contributed by atoms with Crippen molar-refractivity contribution in [2.45, 2.75) is 30.5 Å². The van der Waals surface area contributed by atoms with E-state index in [-0.39, 0.29) is 11.7 Å². The zero-order valence-electron chi connectivity index (χ0n) is 12.3. The van der Waals surface area contributed by atoms with E-state index in [0.717, 1.165) is 17.7 Å². The highest BCUT2D eigenvalue weighted by molar-refractivity contribution is 7.99. The number of likely N-dealkylation sites (tertiary alicyclic amines) is 1. The molecule has 1 aliphatic heterocycles. The van der Waals surface area contributed by atoms with E-state index in [4.69, 9.17) is 10.2 Å². The number of thioether (sulfide) groups is 1. The quantitative estimate of drug-likeness (QED) is 0.823. The van der Waals surface area contributed by atoms with E-state index >= 15 is 0 Å². The van der Waals surface area contributed by atoms with Crippen LogP contribution in [0.3, 0.4) is 0 Å². The first kappa shape index (κ1) is 16.0. The summed E-state index contributed by atoms with van der Waals surface area (Å²) in [6.07, 6.45) is 2.44. The highest BCUT2D eigenvalue weighted by Crippen LogP contribution is 2.27. The molecule has 3 rings (SSSR count). The average Bonchev–Trinajstić information content (AvgIpc) is 3.23. The van der Waals surface area contributed by atoms with Gasteiger partial charge in [-0.05, 0) is 30.7 Å². The molecule has 0 aromatic carbocycles. The number of thiophene rings is 1. The number of hydrogen-bond donors (Lipinski definition) is 1. The first-order valence-electron chi connectivity index (χ1n) is 7.24. The maximum Gasteiger partial charge on any atom is 0.277 e. The van der Waals surface area contributed by atoms with E-state index in [1.54, 1.807) is 4.90 Å². The van der Waals surface area contributed by atoms with Crippen molar-refractivity contribution >= 4 is 34.9 Å². The Labute approximate surface area is 141 Å². The van der Waals surface area contributed by atoms with Gasteiger partial charge >= 0.3 is 0 Å². The Morgan fingerprint density at radius 1 is 1.43 bits per heavy atom. The molecule has 2 amide bonds. The molecular weight excluding hydrogens is 336 g/mol. The molecule has 122 valence electrons. The van der Waals surface area contributed by atoms with Crippen molar-refractivity contribution < 1.29 is 14.0 Å². The van der Waals surface area contributed by atoms with Crippen molar-refractivity contribution in [2.24, 2.45) is 5.73 Å². The number of carbonyl (C=O) groups is 2. The normalized spacial score (nSPS) is 18.1. The monoisotopic (exact) mass is 352 g/mol. The van der Waals surface area contributed by atoms with Gasteiger partial charge in [-0.2, -0.15) is 0 Å². The van der Waals surface area contributed by atoms with Crippen molar-refractivity contribution in [1.82, 2.24) is 15.1 Å². The molecule has 1 aliphatic rings. The maximum absolute atomic E-state index is 12.3. The van der Waals surface area contributed by atoms with E-state index in [9.17, 15) is 9.59 Å². The zero-order valence-corrected chi connectivity index (χ0v) is 13.9. The van der Waals surface area contributed by atoms with Gasteiger partial charge in [0.25, 0.3) is 11.1 Å². The fourth-order valence-corrected chi connectivity index (χ4v) is 3.79. The molecule has 1 atom stereocenters. The van der Waals surface area contributed by atoms with Crippen LogP contribution in [0.25, 0.3) is 10.8 Å². The Morgan fingerprint density at radius 3 is 3.04 bits per heavy atom. The van der Waals surface area contributed by atoms with Crippen molar-refractivity contribution in [3.63, 3.8) is 0 Å². The Balaban J connectivity index is 1.59. The second kappa shape index (κ2) is 7.14. The Hall–Kier alpha value is -1.87. The fourth-order valence-electron chi connectivity index (χ4n) is 2.50. The summed E-state index contributed by atoms with van der Waals surface area (Å²) in [6, 6.07) is 3.30. The van der Waals surface area contributed by atoms with Crippen LogP contribution in [0.2, 0.25) is 0 Å². The molecule has 0 spiro atoms. The SMILES string of the molecule is NC(=O)[C@H]1CCCCN1C(=O)CSc1nnc(-c2cccs2)o1. The highest BCUT2D eigenvalue weighted by Gasteiger charge is 2.30. The minimum Gasteiger partial charge on any atom is -0.410 e. The van der Waals surface area contributed by atoms with Crippen LogP contribution in [0.15, 0.2) is 27.2 Å². The zero-order chi connectivity index (χ0) is 16.2. The predicted molar refractivity (Wildman–Crippen MR) is 86.9 cm³/mol. The van der Waals surface area contributed by atoms with Gasteiger partial charge in [0.1, 0.15) is 6.04 Å². The molecule has 3 heterocycles. The van der Waals surface area contributed by atoms with Gasteiger partial charge in [-0.15, -0.1) is 21.5 Å². The van der Waals surface area contributed by atoms with Gasteiger partial charge in [0.2, 0.25) is 11.8 Å². The topological polar surface area (TPSA) is 102 Å². The van der Waals surface area contributed by atoms with Crippen LogP contribution >= 0.6 is 23.1 Å². The number of primary amides is 1. The summed E-state index contributed by atoms with van der Waals surface area (Å²) >= 11 is 2.68. The number of hydrogen-bond acceptors (Lipinski definition) is 7. The van der Waals surface area contributed by atoms with Crippen molar-refractivity contribution in [3.8, 4) is 10.8 Å². The van der Waals surface area contributed by atoms with Crippen LogP contribution in [0.1, 0.15) is 19.3 Å². The number of rotatable bonds is 5. The van der Waals surface area contributed by atoms with Gasteiger partial charge in [0, 0.05) is 6.54 Å². The third kappa shape index (κ3) is 3.73. The summed E-state index contributed by atoms with van der Waals surface area (Å²) in [5.74, 6) is 0.0219. The first-order chi connectivity index (χ1) is 11.1. The number of nitrogens with zero attached hydrogens (tertiary/aromatic N) is 3. The first-order valence-corrected chi connectivity index (χ1v) is 9.10. The summed E-state index contributed by atoms with van der Waals surface area (Å²) in [4.78, 5) is 26.2. The van der Waals surface area contributed by atoms with Crippen LogP contribution in [0.4, 0.5) is 0 Å². The Bertz CT molecular complexity index is 686. The lowest BCUT2D eigenvalue weighted by Gasteiger charge is -2.33. The molecule has 9 heteroatoms. The van der Waals surface area contributed by atoms with E-state index in [1.807, 2.05) is 17.5 Å². The van der Waals surface area contributed by atoms with Gasteiger partial charge in [0.15, 0.2) is 0 Å². The van der Waals surface area contributed by atoms with Gasteiger partial charge in [-0.25, -0.2) is 0 Å². The standard InChI is InChI=1S/C14H16N4O3S2/c15-12(20)9-4-1-2-6-18(9)11(19)8-23-14-17-16-13(21-14)10-5-3-7-22-10/h3,5,7,9H,1-2,4,6,8H2,(H2,15,20)/t9-/m1/s1. The lowest BCUT2D eigenvalue weighted by molar-refractivity contribution is -0.138. The number of carbonyl (C=O) groups excluding carboxylic acids is 2. The fraction of sp³-hybridized carbons (Fsp3) is 0.429. The highest BCUT2D eigenvalue weighted by atomic mass is 32.2. The Morgan fingerprint density at radius 2 is 2.30 bits per heavy atom. The molecule has 0 aliphatic carbocycles. The lowest BCUT2D eigenvalue weighted by atomic mass is 10.0. The molecule has 1 saturated heterocycles. The molecule has 23 heavy (non-hydrogen) atoms.